The van der Waals surface area contributed by atoms with Crippen molar-refractivity contribution in [2.45, 2.75) is 32.6 Å². The smallest absolute Gasteiger partial charge is 0.303 e. The van der Waals surface area contributed by atoms with E-state index in [1.807, 2.05) is 6.92 Å². The molecule has 0 spiro atoms. The summed E-state index contributed by atoms with van der Waals surface area (Å²) in [5, 5.41) is 13.9. The summed E-state index contributed by atoms with van der Waals surface area (Å²) in [6.45, 7) is 2.41. The number of benzene rings is 1. The molecule has 0 aliphatic carbocycles. The number of aliphatic carboxylic acids is 1. The summed E-state index contributed by atoms with van der Waals surface area (Å²) >= 11 is 0. The van der Waals surface area contributed by atoms with Crippen LogP contribution in [0.4, 0.5) is 5.69 Å². The Balaban J connectivity index is 2.39. The van der Waals surface area contributed by atoms with E-state index in [-0.39, 0.29) is 24.7 Å². The van der Waals surface area contributed by atoms with Crippen LogP contribution in [0.15, 0.2) is 24.3 Å². The maximum absolute atomic E-state index is 11.6. The third kappa shape index (κ3) is 6.56. The van der Waals surface area contributed by atoms with Gasteiger partial charge in [-0.2, -0.15) is 0 Å². The molecule has 6 nitrogen and oxygen atoms in total. The van der Waals surface area contributed by atoms with Crippen LogP contribution in [0.5, 0.6) is 0 Å². The van der Waals surface area contributed by atoms with Gasteiger partial charge in [0.15, 0.2) is 0 Å². The first-order chi connectivity index (χ1) is 10.0. The fourth-order valence-corrected chi connectivity index (χ4v) is 1.75. The van der Waals surface area contributed by atoms with Gasteiger partial charge in [-0.05, 0) is 44.0 Å². The number of unbranched alkanes of at least 4 members (excludes halogenated alkanes) is 1. The zero-order valence-electron chi connectivity index (χ0n) is 12.0. The van der Waals surface area contributed by atoms with Gasteiger partial charge in [0.25, 0.3) is 5.91 Å². The van der Waals surface area contributed by atoms with E-state index in [0.717, 1.165) is 0 Å². The van der Waals surface area contributed by atoms with Crippen molar-refractivity contribution in [1.29, 1.82) is 0 Å². The number of carbonyl (C=O) groups excluding carboxylic acids is 2. The minimum Gasteiger partial charge on any atom is -0.481 e. The van der Waals surface area contributed by atoms with Gasteiger partial charge < -0.3 is 15.7 Å². The molecule has 0 heterocycles. The Kier molecular flexibility index (Phi) is 6.94. The third-order valence-corrected chi connectivity index (χ3v) is 2.81. The van der Waals surface area contributed by atoms with Gasteiger partial charge in [0.05, 0.1) is 0 Å². The molecule has 0 saturated heterocycles. The number of carboxylic acids is 1. The highest BCUT2D eigenvalue weighted by Crippen LogP contribution is 2.11. The quantitative estimate of drug-likeness (QED) is 0.639. The Hall–Kier alpha value is -2.37. The Labute approximate surface area is 123 Å². The monoisotopic (exact) mass is 292 g/mol. The van der Waals surface area contributed by atoms with Crippen LogP contribution in [0.25, 0.3) is 0 Å². The van der Waals surface area contributed by atoms with E-state index in [2.05, 4.69) is 10.6 Å². The van der Waals surface area contributed by atoms with Crippen LogP contribution < -0.4 is 10.6 Å². The zero-order valence-corrected chi connectivity index (χ0v) is 12.0. The zero-order chi connectivity index (χ0) is 15.7. The van der Waals surface area contributed by atoms with Crippen molar-refractivity contribution in [2.75, 3.05) is 11.9 Å². The van der Waals surface area contributed by atoms with Crippen LogP contribution in [0.2, 0.25) is 0 Å². The van der Waals surface area contributed by atoms with Crippen LogP contribution in [0.1, 0.15) is 43.0 Å². The Morgan fingerprint density at radius 1 is 1.05 bits per heavy atom. The number of hydrogen-bond acceptors (Lipinski definition) is 3. The van der Waals surface area contributed by atoms with Crippen molar-refractivity contribution in [1.82, 2.24) is 5.32 Å². The first kappa shape index (κ1) is 16.7. The number of carboxylic acid groups (broad SMARTS) is 1. The second-order valence-electron chi connectivity index (χ2n) is 4.59. The Morgan fingerprint density at radius 3 is 2.24 bits per heavy atom. The fourth-order valence-electron chi connectivity index (χ4n) is 1.75. The Bertz CT molecular complexity index is 497. The first-order valence-electron chi connectivity index (χ1n) is 6.93. The number of carbonyl (C=O) groups is 3. The van der Waals surface area contributed by atoms with Crippen LogP contribution in [0.3, 0.4) is 0 Å². The summed E-state index contributed by atoms with van der Waals surface area (Å²) in [5.41, 5.74) is 1.16. The lowest BCUT2D eigenvalue weighted by Gasteiger charge is -2.06. The van der Waals surface area contributed by atoms with Crippen molar-refractivity contribution in [3.63, 3.8) is 0 Å². The molecule has 0 aliphatic heterocycles. The molecule has 0 aromatic heterocycles. The number of rotatable bonds is 8. The second kappa shape index (κ2) is 8.73. The summed E-state index contributed by atoms with van der Waals surface area (Å²) in [4.78, 5) is 33.5. The van der Waals surface area contributed by atoms with Gasteiger partial charge in [0, 0.05) is 30.6 Å². The molecular weight excluding hydrogens is 272 g/mol. The molecular formula is C15H20N2O4. The van der Waals surface area contributed by atoms with Gasteiger partial charge in [0.2, 0.25) is 5.91 Å². The van der Waals surface area contributed by atoms with Gasteiger partial charge in [0.1, 0.15) is 0 Å². The molecule has 1 aromatic rings. The predicted octanol–water partition coefficient (Wildman–Crippen LogP) is 2.02. The lowest BCUT2D eigenvalue weighted by Crippen LogP contribution is -2.22. The number of hydrogen-bond donors (Lipinski definition) is 3. The number of anilines is 1. The van der Waals surface area contributed by atoms with Gasteiger partial charge in [-0.3, -0.25) is 14.4 Å². The highest BCUT2D eigenvalue weighted by Gasteiger charge is 2.06. The predicted molar refractivity (Wildman–Crippen MR) is 79.2 cm³/mol. The first-order valence-corrected chi connectivity index (χ1v) is 6.93. The molecule has 114 valence electrons. The molecule has 0 saturated carbocycles. The van der Waals surface area contributed by atoms with E-state index in [4.69, 9.17) is 5.11 Å². The molecule has 0 fully saturated rings. The standard InChI is InChI=1S/C15H20N2O4/c1-2-16-15(21)11-7-9-12(10-8-11)17-13(18)5-3-4-6-14(19)20/h7-10H,2-6H2,1H3,(H,16,21)(H,17,18)(H,19,20). The molecule has 2 amide bonds. The minimum atomic E-state index is -0.851. The van der Waals surface area contributed by atoms with E-state index in [1.54, 1.807) is 24.3 Å². The maximum atomic E-state index is 11.6. The molecule has 0 bridgehead atoms. The van der Waals surface area contributed by atoms with E-state index >= 15 is 0 Å². The van der Waals surface area contributed by atoms with Crippen molar-refractivity contribution >= 4 is 23.5 Å². The summed E-state index contributed by atoms with van der Waals surface area (Å²) in [5.74, 6) is -1.16. The van der Waals surface area contributed by atoms with Gasteiger partial charge >= 0.3 is 5.97 Å². The largest absolute Gasteiger partial charge is 0.481 e. The number of amides is 2. The highest BCUT2D eigenvalue weighted by molar-refractivity contribution is 5.95. The summed E-state index contributed by atoms with van der Waals surface area (Å²) in [7, 11) is 0. The molecule has 0 atom stereocenters. The van der Waals surface area contributed by atoms with E-state index < -0.39 is 5.97 Å². The molecule has 3 N–H and O–H groups in total. The van der Waals surface area contributed by atoms with Crippen molar-refractivity contribution in [3.05, 3.63) is 29.8 Å². The van der Waals surface area contributed by atoms with Gasteiger partial charge in [-0.15, -0.1) is 0 Å². The SMILES string of the molecule is CCNC(=O)c1ccc(NC(=O)CCCCC(=O)O)cc1. The lowest BCUT2D eigenvalue weighted by atomic mass is 10.1. The molecule has 0 radical (unpaired) electrons. The van der Waals surface area contributed by atoms with Gasteiger partial charge in [-0.1, -0.05) is 0 Å². The van der Waals surface area contributed by atoms with Gasteiger partial charge in [-0.25, -0.2) is 0 Å². The topological polar surface area (TPSA) is 95.5 Å². The average Bonchev–Trinajstić information content (AvgIpc) is 2.44. The van der Waals surface area contributed by atoms with Crippen LogP contribution in [-0.4, -0.2) is 29.4 Å². The van der Waals surface area contributed by atoms with E-state index in [0.29, 0.717) is 30.6 Å². The van der Waals surface area contributed by atoms with Crippen LogP contribution in [0, 0.1) is 0 Å². The summed E-state index contributed by atoms with van der Waals surface area (Å²) in [6, 6.07) is 6.62. The normalized spacial score (nSPS) is 9.95. The molecule has 0 unspecified atom stereocenters. The molecule has 1 rings (SSSR count). The fraction of sp³-hybridized carbons (Fsp3) is 0.400. The average molecular weight is 292 g/mol. The molecule has 0 aliphatic rings. The summed E-state index contributed by atoms with van der Waals surface area (Å²) in [6.07, 6.45) is 1.38. The second-order valence-corrected chi connectivity index (χ2v) is 4.59. The maximum Gasteiger partial charge on any atom is 0.303 e. The minimum absolute atomic E-state index is 0.0779. The molecule has 6 heteroatoms. The highest BCUT2D eigenvalue weighted by atomic mass is 16.4. The van der Waals surface area contributed by atoms with E-state index in [9.17, 15) is 14.4 Å². The lowest BCUT2D eigenvalue weighted by molar-refractivity contribution is -0.137. The molecule has 1 aromatic carbocycles. The van der Waals surface area contributed by atoms with Crippen molar-refractivity contribution in [3.8, 4) is 0 Å². The van der Waals surface area contributed by atoms with Crippen LogP contribution >= 0.6 is 0 Å². The summed E-state index contributed by atoms with van der Waals surface area (Å²) < 4.78 is 0. The Morgan fingerprint density at radius 2 is 1.67 bits per heavy atom. The molecule has 21 heavy (non-hydrogen) atoms. The third-order valence-electron chi connectivity index (χ3n) is 2.81. The van der Waals surface area contributed by atoms with E-state index in [1.165, 1.54) is 0 Å². The van der Waals surface area contributed by atoms with Crippen LogP contribution in [-0.2, 0) is 9.59 Å². The van der Waals surface area contributed by atoms with Crippen molar-refractivity contribution in [2.24, 2.45) is 0 Å². The van der Waals surface area contributed by atoms with Crippen molar-refractivity contribution < 1.29 is 19.5 Å². The number of nitrogens with one attached hydrogen (secondary N) is 2.